The Balaban J connectivity index is 1.62. The van der Waals surface area contributed by atoms with Crippen LogP contribution in [0, 0.1) is 13.8 Å². The Morgan fingerprint density at radius 1 is 0.931 bits per heavy atom. The number of carbonyl (C=O) groups excluding carboxylic acids is 3. The van der Waals surface area contributed by atoms with Crippen LogP contribution in [0.4, 0.5) is 11.4 Å². The first-order valence-electron chi connectivity index (χ1n) is 8.91. The van der Waals surface area contributed by atoms with E-state index in [1.165, 1.54) is 17.4 Å². The van der Waals surface area contributed by atoms with E-state index in [1.54, 1.807) is 35.7 Å². The van der Waals surface area contributed by atoms with Gasteiger partial charge in [-0.15, -0.1) is 11.3 Å². The number of hydrogen-bond acceptors (Lipinski definition) is 5. The Labute approximate surface area is 172 Å². The number of nitrogens with one attached hydrogen (secondary N) is 2. The zero-order valence-corrected chi connectivity index (χ0v) is 16.8. The van der Waals surface area contributed by atoms with Crippen molar-refractivity contribution in [2.75, 3.05) is 17.2 Å². The summed E-state index contributed by atoms with van der Waals surface area (Å²) in [6.07, 6.45) is 0. The molecule has 0 fully saturated rings. The maximum Gasteiger partial charge on any atom is 0.340 e. The minimum atomic E-state index is -0.692. The average molecular weight is 408 g/mol. The Hall–Kier alpha value is -3.45. The van der Waals surface area contributed by atoms with Gasteiger partial charge in [-0.1, -0.05) is 24.3 Å². The van der Waals surface area contributed by atoms with Crippen molar-refractivity contribution in [3.05, 3.63) is 81.5 Å². The maximum atomic E-state index is 12.4. The molecule has 0 spiro atoms. The van der Waals surface area contributed by atoms with Gasteiger partial charge in [-0.25, -0.2) is 4.79 Å². The molecule has 1 aromatic heterocycles. The van der Waals surface area contributed by atoms with Crippen molar-refractivity contribution >= 4 is 40.5 Å². The molecule has 0 aliphatic heterocycles. The van der Waals surface area contributed by atoms with E-state index in [-0.39, 0.29) is 11.5 Å². The van der Waals surface area contributed by atoms with Crippen LogP contribution in [-0.2, 0) is 9.53 Å². The minimum absolute atomic E-state index is 0.177. The number of ether oxygens (including phenoxy) is 1. The second-order valence-electron chi connectivity index (χ2n) is 6.48. The highest BCUT2D eigenvalue weighted by atomic mass is 32.1. The van der Waals surface area contributed by atoms with Crippen LogP contribution in [0.15, 0.2) is 60.0 Å². The molecule has 148 valence electrons. The van der Waals surface area contributed by atoms with Crippen molar-refractivity contribution in [3.63, 3.8) is 0 Å². The fraction of sp³-hybridized carbons (Fsp3) is 0.136. The third-order valence-corrected chi connectivity index (χ3v) is 4.85. The van der Waals surface area contributed by atoms with Gasteiger partial charge in [-0.3, -0.25) is 9.59 Å². The van der Waals surface area contributed by atoms with E-state index >= 15 is 0 Å². The molecule has 0 aliphatic carbocycles. The molecule has 0 aliphatic rings. The first-order valence-corrected chi connectivity index (χ1v) is 9.79. The fourth-order valence-electron chi connectivity index (χ4n) is 2.81. The van der Waals surface area contributed by atoms with E-state index in [1.807, 2.05) is 32.0 Å². The summed E-state index contributed by atoms with van der Waals surface area (Å²) in [5.41, 5.74) is 3.19. The summed E-state index contributed by atoms with van der Waals surface area (Å²) in [5, 5.41) is 7.21. The number of thiophene rings is 1. The molecular formula is C22H20N2O4S. The zero-order chi connectivity index (χ0) is 20.8. The van der Waals surface area contributed by atoms with Crippen LogP contribution < -0.4 is 10.6 Å². The smallest absolute Gasteiger partial charge is 0.340 e. The predicted octanol–water partition coefficient (Wildman–Crippen LogP) is 4.41. The van der Waals surface area contributed by atoms with E-state index in [0.717, 1.165) is 11.1 Å². The first-order chi connectivity index (χ1) is 13.9. The van der Waals surface area contributed by atoms with Gasteiger partial charge in [-0.05, 0) is 60.7 Å². The number of aryl methyl sites for hydroxylation is 2. The molecule has 0 radical (unpaired) electrons. The number of esters is 1. The van der Waals surface area contributed by atoms with Gasteiger partial charge in [0.05, 0.1) is 16.1 Å². The Bertz CT molecular complexity index is 1020. The van der Waals surface area contributed by atoms with E-state index in [0.29, 0.717) is 16.3 Å². The molecule has 2 N–H and O–H groups in total. The van der Waals surface area contributed by atoms with Crippen molar-refractivity contribution in [1.82, 2.24) is 0 Å². The standard InChI is InChI=1S/C22H20N2O4S/c1-14-10-15(2)12-16(11-14)23-20(25)13-28-22(27)17-6-3-4-7-18(17)24-21(26)19-8-5-9-29-19/h3-12H,13H2,1-2H3,(H,23,25)(H,24,26). The number of benzene rings is 2. The highest BCUT2D eigenvalue weighted by Crippen LogP contribution is 2.19. The molecule has 2 amide bonds. The molecule has 29 heavy (non-hydrogen) atoms. The number of carbonyl (C=O) groups is 3. The molecule has 0 saturated carbocycles. The van der Waals surface area contributed by atoms with Crippen LogP contribution in [0.25, 0.3) is 0 Å². The van der Waals surface area contributed by atoms with Crippen molar-refractivity contribution in [2.24, 2.45) is 0 Å². The summed E-state index contributed by atoms with van der Waals surface area (Å²) >= 11 is 1.30. The molecule has 1 heterocycles. The highest BCUT2D eigenvalue weighted by molar-refractivity contribution is 7.12. The number of anilines is 2. The van der Waals surface area contributed by atoms with Crippen molar-refractivity contribution in [3.8, 4) is 0 Å². The summed E-state index contributed by atoms with van der Waals surface area (Å²) in [5.74, 6) is -1.45. The molecule has 3 aromatic rings. The van der Waals surface area contributed by atoms with Crippen LogP contribution in [0.2, 0.25) is 0 Å². The quantitative estimate of drug-likeness (QED) is 0.592. The molecule has 0 saturated heterocycles. The van der Waals surface area contributed by atoms with Crippen molar-refractivity contribution in [2.45, 2.75) is 13.8 Å². The third kappa shape index (κ3) is 5.52. The summed E-state index contributed by atoms with van der Waals surface area (Å²) in [6.45, 7) is 3.44. The lowest BCUT2D eigenvalue weighted by molar-refractivity contribution is -0.119. The Morgan fingerprint density at radius 3 is 2.34 bits per heavy atom. The van der Waals surface area contributed by atoms with Gasteiger partial charge in [-0.2, -0.15) is 0 Å². The zero-order valence-electron chi connectivity index (χ0n) is 16.0. The van der Waals surface area contributed by atoms with Crippen LogP contribution >= 0.6 is 11.3 Å². The average Bonchev–Trinajstić information content (AvgIpc) is 3.20. The number of amides is 2. The fourth-order valence-corrected chi connectivity index (χ4v) is 3.43. The third-order valence-electron chi connectivity index (χ3n) is 3.98. The molecule has 3 rings (SSSR count). The van der Waals surface area contributed by atoms with E-state index in [2.05, 4.69) is 10.6 Å². The van der Waals surface area contributed by atoms with Gasteiger partial charge in [0.1, 0.15) is 0 Å². The summed E-state index contributed by atoms with van der Waals surface area (Å²) in [4.78, 5) is 37.4. The maximum absolute atomic E-state index is 12.4. The number of rotatable bonds is 6. The van der Waals surface area contributed by atoms with E-state index in [9.17, 15) is 14.4 Å². The number of para-hydroxylation sites is 1. The van der Waals surface area contributed by atoms with Crippen LogP contribution in [0.1, 0.15) is 31.2 Å². The molecule has 0 unspecified atom stereocenters. The Morgan fingerprint density at radius 2 is 1.66 bits per heavy atom. The molecule has 0 bridgehead atoms. The van der Waals surface area contributed by atoms with Gasteiger partial charge in [0.15, 0.2) is 6.61 Å². The second-order valence-corrected chi connectivity index (χ2v) is 7.43. The lowest BCUT2D eigenvalue weighted by Crippen LogP contribution is -2.22. The predicted molar refractivity (Wildman–Crippen MR) is 114 cm³/mol. The molecule has 0 atom stereocenters. The highest BCUT2D eigenvalue weighted by Gasteiger charge is 2.17. The SMILES string of the molecule is Cc1cc(C)cc(NC(=O)COC(=O)c2ccccc2NC(=O)c2cccs2)c1. The normalized spacial score (nSPS) is 10.3. The van der Waals surface area contributed by atoms with Crippen LogP contribution in [0.5, 0.6) is 0 Å². The van der Waals surface area contributed by atoms with Gasteiger partial charge < -0.3 is 15.4 Å². The molecule has 7 heteroatoms. The second kappa shape index (κ2) is 9.16. The minimum Gasteiger partial charge on any atom is -0.452 e. The summed E-state index contributed by atoms with van der Waals surface area (Å²) < 4.78 is 5.14. The molecular weight excluding hydrogens is 388 g/mol. The summed E-state index contributed by atoms with van der Waals surface area (Å²) in [6, 6.07) is 15.6. The number of hydrogen-bond donors (Lipinski definition) is 2. The van der Waals surface area contributed by atoms with E-state index in [4.69, 9.17) is 4.74 Å². The first kappa shape index (κ1) is 20.3. The van der Waals surface area contributed by atoms with E-state index < -0.39 is 18.5 Å². The van der Waals surface area contributed by atoms with Crippen LogP contribution in [-0.4, -0.2) is 24.4 Å². The summed E-state index contributed by atoms with van der Waals surface area (Å²) in [7, 11) is 0. The molecule has 2 aromatic carbocycles. The van der Waals surface area contributed by atoms with Crippen molar-refractivity contribution in [1.29, 1.82) is 0 Å². The van der Waals surface area contributed by atoms with Gasteiger partial charge in [0.25, 0.3) is 11.8 Å². The van der Waals surface area contributed by atoms with Gasteiger partial charge >= 0.3 is 5.97 Å². The van der Waals surface area contributed by atoms with Gasteiger partial charge in [0, 0.05) is 5.69 Å². The lowest BCUT2D eigenvalue weighted by atomic mass is 10.1. The molecule has 6 nitrogen and oxygen atoms in total. The van der Waals surface area contributed by atoms with Crippen LogP contribution in [0.3, 0.4) is 0 Å². The Kier molecular flexibility index (Phi) is 6.41. The van der Waals surface area contributed by atoms with Crippen molar-refractivity contribution < 1.29 is 19.1 Å². The topological polar surface area (TPSA) is 84.5 Å². The lowest BCUT2D eigenvalue weighted by Gasteiger charge is -2.11. The monoisotopic (exact) mass is 408 g/mol. The van der Waals surface area contributed by atoms with Gasteiger partial charge in [0.2, 0.25) is 0 Å². The largest absolute Gasteiger partial charge is 0.452 e.